The van der Waals surface area contributed by atoms with Gasteiger partial charge in [-0.2, -0.15) is 0 Å². The molecule has 0 saturated carbocycles. The van der Waals surface area contributed by atoms with Crippen molar-refractivity contribution in [2.24, 2.45) is 5.92 Å². The average Bonchev–Trinajstić information content (AvgIpc) is 2.91. The van der Waals surface area contributed by atoms with Gasteiger partial charge in [-0.15, -0.1) is 0 Å². The van der Waals surface area contributed by atoms with Crippen molar-refractivity contribution in [1.29, 1.82) is 0 Å². The average molecular weight is 278 g/mol. The number of aromatic nitrogens is 2. The maximum absolute atomic E-state index is 12.2. The molecule has 20 heavy (non-hydrogen) atoms. The van der Waals surface area contributed by atoms with Crippen LogP contribution in [-0.4, -0.2) is 40.6 Å². The Morgan fingerprint density at radius 1 is 1.35 bits per heavy atom. The van der Waals surface area contributed by atoms with Crippen molar-refractivity contribution in [1.82, 2.24) is 14.5 Å². The van der Waals surface area contributed by atoms with Crippen LogP contribution in [0.25, 0.3) is 0 Å². The predicted octanol–water partition coefficient (Wildman–Crippen LogP) is 1.80. The van der Waals surface area contributed by atoms with Gasteiger partial charge in [0.2, 0.25) is 0 Å². The van der Waals surface area contributed by atoms with Crippen molar-refractivity contribution in [3.05, 3.63) is 22.7 Å². The van der Waals surface area contributed by atoms with Gasteiger partial charge >= 0.3 is 0 Å². The van der Waals surface area contributed by atoms with E-state index in [0.29, 0.717) is 11.7 Å². The maximum Gasteiger partial charge on any atom is 0.293 e. The summed E-state index contributed by atoms with van der Waals surface area (Å²) in [5.74, 6) is 0.938. The molecule has 0 radical (unpaired) electrons. The molecule has 1 aromatic heterocycles. The van der Waals surface area contributed by atoms with E-state index in [-0.39, 0.29) is 5.56 Å². The van der Waals surface area contributed by atoms with E-state index in [4.69, 9.17) is 0 Å². The molecular formula is C15H26N4O. The molecule has 0 aliphatic carbocycles. The van der Waals surface area contributed by atoms with Crippen molar-refractivity contribution in [3.8, 4) is 0 Å². The van der Waals surface area contributed by atoms with Crippen LogP contribution in [0.3, 0.4) is 0 Å². The lowest BCUT2D eigenvalue weighted by Crippen LogP contribution is -2.27. The van der Waals surface area contributed by atoms with Crippen LogP contribution in [0.5, 0.6) is 0 Å². The predicted molar refractivity (Wildman–Crippen MR) is 82.1 cm³/mol. The molecule has 1 fully saturated rings. The van der Waals surface area contributed by atoms with Crippen LogP contribution in [0.4, 0.5) is 5.82 Å². The molecule has 0 aromatic carbocycles. The summed E-state index contributed by atoms with van der Waals surface area (Å²) in [4.78, 5) is 18.8. The quantitative estimate of drug-likeness (QED) is 0.773. The molecule has 112 valence electrons. The zero-order valence-corrected chi connectivity index (χ0v) is 12.6. The Morgan fingerprint density at radius 2 is 2.10 bits per heavy atom. The van der Waals surface area contributed by atoms with Crippen LogP contribution < -0.4 is 10.9 Å². The lowest BCUT2D eigenvalue weighted by Gasteiger charge is -2.14. The second-order valence-corrected chi connectivity index (χ2v) is 5.96. The molecule has 0 bridgehead atoms. The first-order chi connectivity index (χ1) is 9.66. The Kier molecular flexibility index (Phi) is 5.59. The molecular weight excluding hydrogens is 252 g/mol. The Morgan fingerprint density at radius 3 is 2.80 bits per heavy atom. The summed E-state index contributed by atoms with van der Waals surface area (Å²) in [6, 6.07) is 0. The lowest BCUT2D eigenvalue weighted by molar-refractivity contribution is 0.337. The fourth-order valence-corrected chi connectivity index (χ4v) is 2.62. The van der Waals surface area contributed by atoms with E-state index in [1.807, 2.05) is 0 Å². The molecule has 0 unspecified atom stereocenters. The van der Waals surface area contributed by atoms with E-state index in [2.05, 4.69) is 29.0 Å². The molecule has 5 heteroatoms. The maximum atomic E-state index is 12.2. The number of likely N-dealkylation sites (tertiary alicyclic amines) is 1. The third-order valence-electron chi connectivity index (χ3n) is 3.62. The van der Waals surface area contributed by atoms with Crippen molar-refractivity contribution in [2.45, 2.75) is 39.7 Å². The molecule has 0 spiro atoms. The van der Waals surface area contributed by atoms with Crippen LogP contribution in [0.2, 0.25) is 0 Å². The van der Waals surface area contributed by atoms with Crippen LogP contribution in [0.15, 0.2) is 17.2 Å². The first-order valence-electron chi connectivity index (χ1n) is 7.68. The van der Waals surface area contributed by atoms with Gasteiger partial charge in [0.15, 0.2) is 5.82 Å². The van der Waals surface area contributed by atoms with Gasteiger partial charge in [0.25, 0.3) is 5.56 Å². The first kappa shape index (κ1) is 15.0. The van der Waals surface area contributed by atoms with E-state index in [0.717, 1.165) is 26.1 Å². The summed E-state index contributed by atoms with van der Waals surface area (Å²) < 4.78 is 1.74. The third kappa shape index (κ3) is 4.34. The topological polar surface area (TPSA) is 50.2 Å². The fourth-order valence-electron chi connectivity index (χ4n) is 2.62. The smallest absolute Gasteiger partial charge is 0.293 e. The molecule has 1 aliphatic heterocycles. The molecule has 1 aliphatic rings. The van der Waals surface area contributed by atoms with Gasteiger partial charge in [0.1, 0.15) is 0 Å². The highest BCUT2D eigenvalue weighted by atomic mass is 16.1. The number of hydrogen-bond donors (Lipinski definition) is 1. The van der Waals surface area contributed by atoms with Crippen molar-refractivity contribution >= 4 is 5.82 Å². The Labute approximate surface area is 121 Å². The van der Waals surface area contributed by atoms with Crippen LogP contribution in [0.1, 0.15) is 33.1 Å². The standard InChI is InChI=1S/C15H26N4O/c1-13(2)12-19-11-7-17-14(15(19)20)16-6-5-10-18-8-3-4-9-18/h7,11,13H,3-6,8-10,12H2,1-2H3,(H,16,17). The van der Waals surface area contributed by atoms with E-state index in [1.54, 1.807) is 17.0 Å². The number of rotatable bonds is 7. The largest absolute Gasteiger partial charge is 0.365 e. The van der Waals surface area contributed by atoms with Gasteiger partial charge in [-0.1, -0.05) is 13.8 Å². The molecule has 1 N–H and O–H groups in total. The van der Waals surface area contributed by atoms with Gasteiger partial charge in [0.05, 0.1) is 0 Å². The van der Waals surface area contributed by atoms with Crippen molar-refractivity contribution in [2.75, 3.05) is 31.5 Å². The molecule has 1 aromatic rings. The number of hydrogen-bond acceptors (Lipinski definition) is 4. The van der Waals surface area contributed by atoms with Gasteiger partial charge in [-0.3, -0.25) is 4.79 Å². The molecule has 2 rings (SSSR count). The first-order valence-corrected chi connectivity index (χ1v) is 7.68. The Hall–Kier alpha value is -1.36. The van der Waals surface area contributed by atoms with E-state index in [9.17, 15) is 4.79 Å². The normalized spacial score (nSPS) is 15.9. The highest BCUT2D eigenvalue weighted by Crippen LogP contribution is 2.07. The van der Waals surface area contributed by atoms with Crippen LogP contribution >= 0.6 is 0 Å². The summed E-state index contributed by atoms with van der Waals surface area (Å²) >= 11 is 0. The fraction of sp³-hybridized carbons (Fsp3) is 0.733. The SMILES string of the molecule is CC(C)Cn1ccnc(NCCCN2CCCC2)c1=O. The Bertz CT molecular complexity index is 463. The minimum Gasteiger partial charge on any atom is -0.365 e. The summed E-state index contributed by atoms with van der Waals surface area (Å²) in [5, 5.41) is 3.18. The minimum atomic E-state index is -0.0117. The highest BCUT2D eigenvalue weighted by Gasteiger charge is 2.10. The lowest BCUT2D eigenvalue weighted by atomic mass is 10.2. The minimum absolute atomic E-state index is 0.0117. The zero-order chi connectivity index (χ0) is 14.4. The van der Waals surface area contributed by atoms with Crippen molar-refractivity contribution < 1.29 is 0 Å². The number of nitrogens with zero attached hydrogens (tertiary/aromatic N) is 3. The summed E-state index contributed by atoms with van der Waals surface area (Å²) in [6.07, 6.45) is 7.17. The van der Waals surface area contributed by atoms with Gasteiger partial charge in [0, 0.05) is 25.5 Å². The third-order valence-corrected chi connectivity index (χ3v) is 3.62. The van der Waals surface area contributed by atoms with Gasteiger partial charge in [-0.25, -0.2) is 4.98 Å². The molecule has 5 nitrogen and oxygen atoms in total. The molecule has 0 atom stereocenters. The number of anilines is 1. The second kappa shape index (κ2) is 7.43. The number of nitrogens with one attached hydrogen (secondary N) is 1. The second-order valence-electron chi connectivity index (χ2n) is 5.96. The van der Waals surface area contributed by atoms with E-state index >= 15 is 0 Å². The monoisotopic (exact) mass is 278 g/mol. The Balaban J connectivity index is 1.81. The summed E-state index contributed by atoms with van der Waals surface area (Å²) in [5.41, 5.74) is -0.0117. The molecule has 1 saturated heterocycles. The molecule has 2 heterocycles. The summed E-state index contributed by atoms with van der Waals surface area (Å²) in [7, 11) is 0. The van der Waals surface area contributed by atoms with Gasteiger partial charge in [-0.05, 0) is 44.8 Å². The van der Waals surface area contributed by atoms with Crippen LogP contribution in [-0.2, 0) is 6.54 Å². The van der Waals surface area contributed by atoms with Crippen molar-refractivity contribution in [3.63, 3.8) is 0 Å². The van der Waals surface area contributed by atoms with E-state index < -0.39 is 0 Å². The van der Waals surface area contributed by atoms with Crippen LogP contribution in [0, 0.1) is 5.92 Å². The summed E-state index contributed by atoms with van der Waals surface area (Å²) in [6.45, 7) is 9.33. The van der Waals surface area contributed by atoms with E-state index in [1.165, 1.54) is 25.9 Å². The molecule has 0 amide bonds. The highest BCUT2D eigenvalue weighted by molar-refractivity contribution is 5.30. The van der Waals surface area contributed by atoms with Gasteiger partial charge < -0.3 is 14.8 Å². The zero-order valence-electron chi connectivity index (χ0n) is 12.6.